The lowest BCUT2D eigenvalue weighted by Gasteiger charge is -2.27. The molecule has 7 heteroatoms. The highest BCUT2D eigenvalue weighted by molar-refractivity contribution is 5.98. The standard InChI is InChI=1S/C44H57F3O4/c1-3-5-7-9-10-11-12-13-14-15-19-33-23-25-34(26-24-33)39-20-17-18-21-40(39)43(49)50-38-30-29-35-31-37(28-27-36(35)32-38)42(48)51-41(44(45,46)47)22-16-8-6-4-2/h17-18,20-21,23-26,29-30,32,37,41H,3-16,19,22,27-28,31H2,1-2H3/t37?,41-/m1/s1. The highest BCUT2D eigenvalue weighted by Crippen LogP contribution is 2.33. The third kappa shape index (κ3) is 13.1. The number of hydrogen-bond acceptors (Lipinski definition) is 4. The first-order valence-electron chi connectivity index (χ1n) is 19.5. The Bertz CT molecular complexity index is 1500. The van der Waals surface area contributed by atoms with E-state index in [1.807, 2.05) is 25.1 Å². The van der Waals surface area contributed by atoms with Gasteiger partial charge in [0.1, 0.15) is 5.75 Å². The molecule has 0 heterocycles. The van der Waals surface area contributed by atoms with E-state index in [1.54, 1.807) is 24.3 Å². The van der Waals surface area contributed by atoms with Crippen molar-refractivity contribution in [3.63, 3.8) is 0 Å². The maximum Gasteiger partial charge on any atom is 0.425 e. The molecule has 2 atom stereocenters. The molecule has 0 saturated heterocycles. The van der Waals surface area contributed by atoms with Gasteiger partial charge in [-0.3, -0.25) is 4.79 Å². The van der Waals surface area contributed by atoms with Crippen LogP contribution < -0.4 is 4.74 Å². The predicted octanol–water partition coefficient (Wildman–Crippen LogP) is 12.6. The van der Waals surface area contributed by atoms with E-state index in [4.69, 9.17) is 9.47 Å². The Morgan fingerprint density at radius 3 is 2.04 bits per heavy atom. The minimum absolute atomic E-state index is 0.207. The second-order valence-corrected chi connectivity index (χ2v) is 14.3. The fourth-order valence-electron chi connectivity index (χ4n) is 7.02. The molecule has 1 aliphatic rings. The molecule has 278 valence electrons. The number of ether oxygens (including phenoxy) is 2. The molecular formula is C44H57F3O4. The molecule has 4 nitrogen and oxygen atoms in total. The summed E-state index contributed by atoms with van der Waals surface area (Å²) in [7, 11) is 0. The molecule has 0 radical (unpaired) electrons. The summed E-state index contributed by atoms with van der Waals surface area (Å²) in [5.74, 6) is -1.50. The lowest BCUT2D eigenvalue weighted by atomic mass is 9.84. The largest absolute Gasteiger partial charge is 0.452 e. The maximum atomic E-state index is 13.6. The van der Waals surface area contributed by atoms with Crippen LogP contribution in [0.4, 0.5) is 13.2 Å². The Kier molecular flexibility index (Phi) is 16.6. The lowest BCUT2D eigenvalue weighted by molar-refractivity contribution is -0.225. The normalized spacial score (nSPS) is 14.9. The number of rotatable bonds is 21. The van der Waals surface area contributed by atoms with Crippen LogP contribution in [0.1, 0.15) is 144 Å². The van der Waals surface area contributed by atoms with Gasteiger partial charge in [0, 0.05) is 0 Å². The Balaban J connectivity index is 1.28. The highest BCUT2D eigenvalue weighted by Gasteiger charge is 2.43. The van der Waals surface area contributed by atoms with Crippen LogP contribution in [-0.2, 0) is 28.8 Å². The number of unbranched alkanes of at least 4 members (excludes halogenated alkanes) is 12. The summed E-state index contributed by atoms with van der Waals surface area (Å²) in [5, 5.41) is 0. The van der Waals surface area contributed by atoms with Gasteiger partial charge in [-0.05, 0) is 91.0 Å². The molecule has 1 unspecified atom stereocenters. The van der Waals surface area contributed by atoms with E-state index in [9.17, 15) is 22.8 Å². The SMILES string of the molecule is CCCCCCCCCCCCc1ccc(-c2ccccc2C(=O)Oc2ccc3c(c2)CCC(C(=O)O[C@H](CCCCCC)C(F)(F)F)C3)cc1. The highest BCUT2D eigenvalue weighted by atomic mass is 19.4. The van der Waals surface area contributed by atoms with E-state index < -0.39 is 30.1 Å². The first-order chi connectivity index (χ1) is 24.7. The molecule has 3 aromatic carbocycles. The smallest absolute Gasteiger partial charge is 0.425 e. The second kappa shape index (κ2) is 21.0. The Labute approximate surface area is 303 Å². The third-order valence-corrected chi connectivity index (χ3v) is 10.1. The van der Waals surface area contributed by atoms with Crippen molar-refractivity contribution in [1.82, 2.24) is 0 Å². The molecule has 0 aromatic heterocycles. The summed E-state index contributed by atoms with van der Waals surface area (Å²) in [4.78, 5) is 26.2. The summed E-state index contributed by atoms with van der Waals surface area (Å²) in [5.41, 5.74) is 5.29. The first kappa shape index (κ1) is 40.2. The van der Waals surface area contributed by atoms with Crippen molar-refractivity contribution in [3.8, 4) is 16.9 Å². The summed E-state index contributed by atoms with van der Waals surface area (Å²) in [6, 6.07) is 21.1. The van der Waals surface area contributed by atoms with E-state index in [2.05, 4.69) is 31.2 Å². The Morgan fingerprint density at radius 2 is 1.37 bits per heavy atom. The molecule has 4 rings (SSSR count). The third-order valence-electron chi connectivity index (χ3n) is 10.1. The van der Waals surface area contributed by atoms with Crippen molar-refractivity contribution in [2.24, 2.45) is 5.92 Å². The van der Waals surface area contributed by atoms with Crippen LogP contribution in [0.3, 0.4) is 0 Å². The number of carbonyl (C=O) groups is 2. The first-order valence-corrected chi connectivity index (χ1v) is 19.5. The molecule has 0 N–H and O–H groups in total. The van der Waals surface area contributed by atoms with Crippen molar-refractivity contribution in [3.05, 3.63) is 89.0 Å². The number of fused-ring (bicyclic) bond motifs is 1. The number of hydrogen-bond donors (Lipinski definition) is 0. The number of halogens is 3. The van der Waals surface area contributed by atoms with Crippen molar-refractivity contribution in [1.29, 1.82) is 0 Å². The van der Waals surface area contributed by atoms with E-state index in [1.165, 1.54) is 69.8 Å². The van der Waals surface area contributed by atoms with Gasteiger partial charge in [-0.1, -0.05) is 139 Å². The van der Waals surface area contributed by atoms with Gasteiger partial charge in [-0.15, -0.1) is 0 Å². The van der Waals surface area contributed by atoms with Gasteiger partial charge in [-0.25, -0.2) is 4.79 Å². The zero-order valence-electron chi connectivity index (χ0n) is 30.7. The van der Waals surface area contributed by atoms with Gasteiger partial charge in [-0.2, -0.15) is 13.2 Å². The minimum atomic E-state index is -4.58. The molecular weight excluding hydrogens is 649 g/mol. The number of carbonyl (C=O) groups excluding carboxylic acids is 2. The second-order valence-electron chi connectivity index (χ2n) is 14.3. The van der Waals surface area contributed by atoms with Crippen molar-refractivity contribution < 1.29 is 32.2 Å². The van der Waals surface area contributed by atoms with Gasteiger partial charge in [0.15, 0.2) is 6.10 Å². The summed E-state index contributed by atoms with van der Waals surface area (Å²) in [6.45, 7) is 4.25. The van der Waals surface area contributed by atoms with Crippen molar-refractivity contribution >= 4 is 11.9 Å². The monoisotopic (exact) mass is 706 g/mol. The molecule has 0 spiro atoms. The quantitative estimate of drug-likeness (QED) is 0.0629. The van der Waals surface area contributed by atoms with Crippen LogP contribution >= 0.6 is 0 Å². The van der Waals surface area contributed by atoms with Crippen LogP contribution in [0.15, 0.2) is 66.7 Å². The molecule has 0 saturated carbocycles. The van der Waals surface area contributed by atoms with Gasteiger partial charge >= 0.3 is 18.1 Å². The fourth-order valence-corrected chi connectivity index (χ4v) is 7.02. The zero-order chi connectivity index (χ0) is 36.5. The predicted molar refractivity (Wildman–Crippen MR) is 199 cm³/mol. The number of aryl methyl sites for hydroxylation is 2. The van der Waals surface area contributed by atoms with Gasteiger partial charge < -0.3 is 9.47 Å². The lowest BCUT2D eigenvalue weighted by Crippen LogP contribution is -2.37. The maximum absolute atomic E-state index is 13.6. The van der Waals surface area contributed by atoms with Gasteiger partial charge in [0.25, 0.3) is 0 Å². The molecule has 3 aromatic rings. The Morgan fingerprint density at radius 1 is 0.745 bits per heavy atom. The Hall–Kier alpha value is -3.61. The summed E-state index contributed by atoms with van der Waals surface area (Å²) >= 11 is 0. The van der Waals surface area contributed by atoms with Crippen LogP contribution in [0.2, 0.25) is 0 Å². The zero-order valence-corrected chi connectivity index (χ0v) is 30.7. The van der Waals surface area contributed by atoms with E-state index in [0.717, 1.165) is 41.5 Å². The number of benzene rings is 3. The van der Waals surface area contributed by atoms with Crippen molar-refractivity contribution in [2.75, 3.05) is 0 Å². The number of esters is 2. The average molecular weight is 707 g/mol. The summed E-state index contributed by atoms with van der Waals surface area (Å²) in [6.07, 6.45) is 11.3. The van der Waals surface area contributed by atoms with Crippen LogP contribution in [-0.4, -0.2) is 24.2 Å². The molecule has 51 heavy (non-hydrogen) atoms. The van der Waals surface area contributed by atoms with Crippen LogP contribution in [0.5, 0.6) is 5.75 Å². The van der Waals surface area contributed by atoms with Crippen molar-refractivity contribution in [2.45, 2.75) is 148 Å². The number of alkyl halides is 3. The van der Waals surface area contributed by atoms with Gasteiger partial charge in [0.2, 0.25) is 0 Å². The van der Waals surface area contributed by atoms with Crippen LogP contribution in [0.25, 0.3) is 11.1 Å². The molecule has 0 amide bonds. The molecule has 0 aliphatic heterocycles. The van der Waals surface area contributed by atoms with E-state index in [-0.39, 0.29) is 6.42 Å². The molecule has 0 fully saturated rings. The minimum Gasteiger partial charge on any atom is -0.452 e. The topological polar surface area (TPSA) is 52.6 Å². The molecule has 1 aliphatic carbocycles. The van der Waals surface area contributed by atoms with Crippen LogP contribution in [0, 0.1) is 5.92 Å². The van der Waals surface area contributed by atoms with Gasteiger partial charge in [0.05, 0.1) is 11.5 Å². The molecule has 0 bridgehead atoms. The average Bonchev–Trinajstić information content (AvgIpc) is 3.13. The van der Waals surface area contributed by atoms with E-state index in [0.29, 0.717) is 43.4 Å². The fraction of sp³-hybridized carbons (Fsp3) is 0.545. The summed E-state index contributed by atoms with van der Waals surface area (Å²) < 4.78 is 51.7. The van der Waals surface area contributed by atoms with E-state index >= 15 is 0 Å².